The molecule has 0 aliphatic heterocycles. The molecule has 0 atom stereocenters. The van der Waals surface area contributed by atoms with Gasteiger partial charge in [-0.05, 0) is 29.8 Å². The average Bonchev–Trinajstić information content (AvgIpc) is 2.48. The van der Waals surface area contributed by atoms with Crippen molar-refractivity contribution >= 4 is 17.8 Å². The summed E-state index contributed by atoms with van der Waals surface area (Å²) in [7, 11) is 0. The summed E-state index contributed by atoms with van der Waals surface area (Å²) in [4.78, 5) is 25.4. The molecular formula is C13H10N4O3. The lowest BCUT2D eigenvalue weighted by molar-refractivity contribution is -0.384. The van der Waals surface area contributed by atoms with E-state index in [1.54, 1.807) is 18.3 Å². The Labute approximate surface area is 114 Å². The summed E-state index contributed by atoms with van der Waals surface area (Å²) in [5.74, 6) is -0.378. The van der Waals surface area contributed by atoms with E-state index in [4.69, 9.17) is 0 Å². The molecule has 100 valence electrons. The molecule has 7 heteroatoms. The van der Waals surface area contributed by atoms with Crippen molar-refractivity contribution in [2.75, 3.05) is 0 Å². The summed E-state index contributed by atoms with van der Waals surface area (Å²) in [6.45, 7) is 0. The van der Waals surface area contributed by atoms with E-state index < -0.39 is 4.92 Å². The van der Waals surface area contributed by atoms with Crippen LogP contribution in [0, 0.1) is 10.1 Å². The lowest BCUT2D eigenvalue weighted by atomic mass is 10.2. The van der Waals surface area contributed by atoms with E-state index in [1.165, 1.54) is 36.7 Å². The number of nitrogens with one attached hydrogen (secondary N) is 1. The highest BCUT2D eigenvalue weighted by Gasteiger charge is 2.04. The molecule has 0 aliphatic carbocycles. The van der Waals surface area contributed by atoms with Gasteiger partial charge in [0.2, 0.25) is 0 Å². The maximum atomic E-state index is 11.6. The van der Waals surface area contributed by atoms with Crippen LogP contribution in [0.3, 0.4) is 0 Å². The Morgan fingerprint density at radius 3 is 2.65 bits per heavy atom. The third-order valence-electron chi connectivity index (χ3n) is 2.41. The topological polar surface area (TPSA) is 97.5 Å². The van der Waals surface area contributed by atoms with Crippen LogP contribution < -0.4 is 5.43 Å². The van der Waals surface area contributed by atoms with Crippen molar-refractivity contribution in [2.45, 2.75) is 0 Å². The largest absolute Gasteiger partial charge is 0.272 e. The van der Waals surface area contributed by atoms with E-state index in [0.717, 1.165) is 0 Å². The van der Waals surface area contributed by atoms with Gasteiger partial charge in [-0.25, -0.2) is 5.43 Å². The molecule has 0 radical (unpaired) electrons. The molecule has 7 nitrogen and oxygen atoms in total. The normalized spacial score (nSPS) is 10.4. The number of hydrogen-bond acceptors (Lipinski definition) is 5. The first-order valence-electron chi connectivity index (χ1n) is 5.65. The number of carbonyl (C=O) groups excluding carboxylic acids is 1. The van der Waals surface area contributed by atoms with Crippen molar-refractivity contribution in [1.82, 2.24) is 10.4 Å². The molecule has 0 unspecified atom stereocenters. The van der Waals surface area contributed by atoms with Crippen molar-refractivity contribution in [1.29, 1.82) is 0 Å². The number of aromatic nitrogens is 1. The van der Waals surface area contributed by atoms with Gasteiger partial charge in [-0.15, -0.1) is 0 Å². The van der Waals surface area contributed by atoms with Crippen LogP contribution in [0.5, 0.6) is 0 Å². The molecule has 0 fully saturated rings. The number of benzene rings is 1. The van der Waals surface area contributed by atoms with Gasteiger partial charge < -0.3 is 0 Å². The summed E-state index contributed by atoms with van der Waals surface area (Å²) < 4.78 is 0. The third-order valence-corrected chi connectivity index (χ3v) is 2.41. The van der Waals surface area contributed by atoms with E-state index in [2.05, 4.69) is 15.5 Å². The molecule has 2 aromatic rings. The molecule has 0 bridgehead atoms. The maximum Gasteiger partial charge on any atom is 0.272 e. The minimum Gasteiger partial charge on any atom is -0.267 e. The first kappa shape index (κ1) is 13.3. The first-order chi connectivity index (χ1) is 9.66. The molecule has 1 heterocycles. The number of amides is 1. The highest BCUT2D eigenvalue weighted by atomic mass is 16.6. The molecule has 0 aliphatic rings. The number of nitro groups is 1. The average molecular weight is 270 g/mol. The number of hydrazone groups is 1. The van der Waals surface area contributed by atoms with Crippen molar-refractivity contribution in [3.63, 3.8) is 0 Å². The second-order valence-corrected chi connectivity index (χ2v) is 3.79. The molecule has 1 aromatic carbocycles. The molecule has 20 heavy (non-hydrogen) atoms. The molecule has 0 saturated heterocycles. The molecule has 0 spiro atoms. The third kappa shape index (κ3) is 3.45. The Bertz CT molecular complexity index is 638. The molecule has 1 aromatic heterocycles. The number of hydrogen-bond donors (Lipinski definition) is 1. The monoisotopic (exact) mass is 270 g/mol. The van der Waals surface area contributed by atoms with Crippen LogP contribution >= 0.6 is 0 Å². The van der Waals surface area contributed by atoms with Crippen molar-refractivity contribution in [3.8, 4) is 0 Å². The van der Waals surface area contributed by atoms with Gasteiger partial charge in [-0.2, -0.15) is 5.10 Å². The van der Waals surface area contributed by atoms with Crippen molar-refractivity contribution in [2.24, 2.45) is 5.10 Å². The second-order valence-electron chi connectivity index (χ2n) is 3.79. The first-order valence-corrected chi connectivity index (χ1v) is 5.65. The van der Waals surface area contributed by atoms with Crippen LogP contribution in [0.15, 0.2) is 53.9 Å². The van der Waals surface area contributed by atoms with E-state index in [0.29, 0.717) is 11.1 Å². The Hall–Kier alpha value is -3.09. The van der Waals surface area contributed by atoms with Gasteiger partial charge in [0.25, 0.3) is 11.6 Å². The van der Waals surface area contributed by atoms with Crippen LogP contribution in [-0.4, -0.2) is 22.0 Å². The zero-order chi connectivity index (χ0) is 14.4. The van der Waals surface area contributed by atoms with Gasteiger partial charge in [-0.3, -0.25) is 19.9 Å². The Balaban J connectivity index is 1.96. The van der Waals surface area contributed by atoms with Crippen LogP contribution in [-0.2, 0) is 0 Å². The molecular weight excluding hydrogens is 260 g/mol. The Morgan fingerprint density at radius 1 is 1.30 bits per heavy atom. The molecule has 2 rings (SSSR count). The number of carbonyl (C=O) groups is 1. The van der Waals surface area contributed by atoms with E-state index in [1.807, 2.05) is 0 Å². The fraction of sp³-hybridized carbons (Fsp3) is 0. The van der Waals surface area contributed by atoms with Crippen LogP contribution in [0.1, 0.15) is 15.9 Å². The molecule has 1 amide bonds. The maximum absolute atomic E-state index is 11.6. The second kappa shape index (κ2) is 6.19. The predicted octanol–water partition coefficient (Wildman–Crippen LogP) is 1.75. The van der Waals surface area contributed by atoms with E-state index in [9.17, 15) is 14.9 Å². The fourth-order valence-electron chi connectivity index (χ4n) is 1.41. The fourth-order valence-corrected chi connectivity index (χ4v) is 1.41. The lowest BCUT2D eigenvalue weighted by Crippen LogP contribution is -2.17. The summed E-state index contributed by atoms with van der Waals surface area (Å²) >= 11 is 0. The SMILES string of the molecule is O=C(NN=Cc1ccc([N+](=O)[O-])cc1)c1cccnc1. The number of nitrogens with zero attached hydrogens (tertiary/aromatic N) is 3. The number of pyridine rings is 1. The van der Waals surface area contributed by atoms with Gasteiger partial charge in [0.05, 0.1) is 16.7 Å². The van der Waals surface area contributed by atoms with Crippen LogP contribution in [0.2, 0.25) is 0 Å². The Kier molecular flexibility index (Phi) is 4.13. The summed E-state index contributed by atoms with van der Waals surface area (Å²) in [6, 6.07) is 9.07. The summed E-state index contributed by atoms with van der Waals surface area (Å²) in [6.07, 6.45) is 4.39. The summed E-state index contributed by atoms with van der Waals surface area (Å²) in [5.41, 5.74) is 3.38. The number of rotatable bonds is 4. The molecule has 1 N–H and O–H groups in total. The van der Waals surface area contributed by atoms with Crippen molar-refractivity contribution in [3.05, 3.63) is 70.0 Å². The van der Waals surface area contributed by atoms with Crippen molar-refractivity contribution < 1.29 is 9.72 Å². The van der Waals surface area contributed by atoms with Gasteiger partial charge in [0.1, 0.15) is 0 Å². The van der Waals surface area contributed by atoms with E-state index in [-0.39, 0.29) is 11.6 Å². The van der Waals surface area contributed by atoms with Gasteiger partial charge in [0.15, 0.2) is 0 Å². The Morgan fingerprint density at radius 2 is 2.05 bits per heavy atom. The van der Waals surface area contributed by atoms with Crippen LogP contribution in [0.25, 0.3) is 0 Å². The van der Waals surface area contributed by atoms with Gasteiger partial charge >= 0.3 is 0 Å². The number of nitro benzene ring substituents is 1. The quantitative estimate of drug-likeness (QED) is 0.520. The predicted molar refractivity (Wildman–Crippen MR) is 72.4 cm³/mol. The zero-order valence-corrected chi connectivity index (χ0v) is 10.3. The standard InChI is InChI=1S/C13H10N4O3/c18-13(11-2-1-7-14-9-11)16-15-8-10-3-5-12(6-4-10)17(19)20/h1-9H,(H,16,18). The minimum atomic E-state index is -0.481. The minimum absolute atomic E-state index is 0.00143. The smallest absolute Gasteiger partial charge is 0.267 e. The van der Waals surface area contributed by atoms with Gasteiger partial charge in [0, 0.05) is 24.5 Å². The van der Waals surface area contributed by atoms with Gasteiger partial charge in [-0.1, -0.05) is 0 Å². The summed E-state index contributed by atoms with van der Waals surface area (Å²) in [5, 5.41) is 14.3. The zero-order valence-electron chi connectivity index (χ0n) is 10.3. The number of non-ortho nitro benzene ring substituents is 1. The van der Waals surface area contributed by atoms with Crippen LogP contribution in [0.4, 0.5) is 5.69 Å². The highest BCUT2D eigenvalue weighted by Crippen LogP contribution is 2.10. The van der Waals surface area contributed by atoms with E-state index >= 15 is 0 Å². The highest BCUT2D eigenvalue weighted by molar-refractivity contribution is 5.94. The molecule has 0 saturated carbocycles. The lowest BCUT2D eigenvalue weighted by Gasteiger charge is -1.98.